The molecule has 1 aromatic rings. The number of hydrogen-bond acceptors (Lipinski definition) is 5. The number of hydrogen-bond donors (Lipinski definition) is 1. The molecule has 0 heterocycles. The van der Waals surface area contributed by atoms with Crippen molar-refractivity contribution in [2.45, 2.75) is 32.1 Å². The highest BCUT2D eigenvalue weighted by Crippen LogP contribution is 2.18. The van der Waals surface area contributed by atoms with Crippen molar-refractivity contribution in [2.75, 3.05) is 6.54 Å². The van der Waals surface area contributed by atoms with Gasteiger partial charge in [0.1, 0.15) is 5.75 Å². The maximum absolute atomic E-state index is 11.5. The molecule has 0 bridgehead atoms. The van der Waals surface area contributed by atoms with E-state index in [1.807, 2.05) is 0 Å². The quantitative estimate of drug-likeness (QED) is 0.256. The number of benzene rings is 1. The highest BCUT2D eigenvalue weighted by Gasteiger charge is 2.07. The molecule has 0 aliphatic heterocycles. The summed E-state index contributed by atoms with van der Waals surface area (Å²) in [6.07, 6.45) is 4.05. The van der Waals surface area contributed by atoms with Gasteiger partial charge in [0, 0.05) is 18.6 Å². The Kier molecular flexibility index (Phi) is 6.52. The highest BCUT2D eigenvalue weighted by atomic mass is 16.6. The number of non-ortho nitro benzene ring substituents is 1. The number of carbonyl (C=O) groups is 1. The lowest BCUT2D eigenvalue weighted by atomic mass is 10.1. The lowest BCUT2D eigenvalue weighted by Gasteiger charge is -2.04. The molecule has 1 aromatic carbocycles. The van der Waals surface area contributed by atoms with Crippen LogP contribution in [-0.2, 0) is 4.79 Å². The Morgan fingerprint density at radius 2 is 1.79 bits per heavy atom. The topological polar surface area (TPSA) is 95.5 Å². The SMILES string of the molecule is NCCCCCCC(=O)Oc1ccc([N+](=O)[O-])cc1. The van der Waals surface area contributed by atoms with Crippen molar-refractivity contribution in [1.29, 1.82) is 0 Å². The molecule has 104 valence electrons. The summed E-state index contributed by atoms with van der Waals surface area (Å²) in [4.78, 5) is 21.4. The molecule has 6 heteroatoms. The lowest BCUT2D eigenvalue weighted by Crippen LogP contribution is -2.07. The minimum atomic E-state index is -0.497. The van der Waals surface area contributed by atoms with Gasteiger partial charge in [0.25, 0.3) is 5.69 Å². The fourth-order valence-corrected chi connectivity index (χ4v) is 1.59. The van der Waals surface area contributed by atoms with Gasteiger partial charge in [0.05, 0.1) is 4.92 Å². The van der Waals surface area contributed by atoms with E-state index in [-0.39, 0.29) is 11.7 Å². The van der Waals surface area contributed by atoms with E-state index in [0.29, 0.717) is 18.7 Å². The third-order valence-corrected chi connectivity index (χ3v) is 2.61. The van der Waals surface area contributed by atoms with E-state index in [1.165, 1.54) is 24.3 Å². The van der Waals surface area contributed by atoms with Crippen molar-refractivity contribution in [2.24, 2.45) is 5.73 Å². The Bertz CT molecular complexity index is 417. The smallest absolute Gasteiger partial charge is 0.311 e. The van der Waals surface area contributed by atoms with E-state index in [9.17, 15) is 14.9 Å². The number of ether oxygens (including phenoxy) is 1. The zero-order valence-corrected chi connectivity index (χ0v) is 10.7. The first kappa shape index (κ1) is 15.1. The molecular weight excluding hydrogens is 248 g/mol. The standard InChI is InChI=1S/C13H18N2O4/c14-10-4-2-1-3-5-13(16)19-12-8-6-11(7-9-12)15(17)18/h6-9H,1-5,10,14H2. The fourth-order valence-electron chi connectivity index (χ4n) is 1.59. The van der Waals surface area contributed by atoms with Crippen molar-refractivity contribution in [1.82, 2.24) is 0 Å². The number of unbranched alkanes of at least 4 members (excludes halogenated alkanes) is 3. The first-order chi connectivity index (χ1) is 9.13. The fraction of sp³-hybridized carbons (Fsp3) is 0.462. The van der Waals surface area contributed by atoms with Gasteiger partial charge >= 0.3 is 5.97 Å². The predicted molar refractivity (Wildman–Crippen MR) is 70.9 cm³/mol. The van der Waals surface area contributed by atoms with Crippen molar-refractivity contribution in [3.05, 3.63) is 34.4 Å². The molecule has 1 rings (SSSR count). The van der Waals surface area contributed by atoms with Gasteiger partial charge < -0.3 is 10.5 Å². The summed E-state index contributed by atoms with van der Waals surface area (Å²) in [5.41, 5.74) is 5.34. The monoisotopic (exact) mass is 266 g/mol. The van der Waals surface area contributed by atoms with Gasteiger partial charge in [-0.15, -0.1) is 0 Å². The molecule has 0 aliphatic rings. The molecule has 2 N–H and O–H groups in total. The number of esters is 1. The molecule has 6 nitrogen and oxygen atoms in total. The van der Waals surface area contributed by atoms with Crippen LogP contribution in [0.5, 0.6) is 5.75 Å². The minimum Gasteiger partial charge on any atom is -0.427 e. The van der Waals surface area contributed by atoms with E-state index in [2.05, 4.69) is 0 Å². The number of nitro groups is 1. The van der Waals surface area contributed by atoms with Gasteiger partial charge in [0.15, 0.2) is 0 Å². The summed E-state index contributed by atoms with van der Waals surface area (Å²) < 4.78 is 5.07. The predicted octanol–water partition coefficient (Wildman–Crippen LogP) is 2.41. The summed E-state index contributed by atoms with van der Waals surface area (Å²) in [5.74, 6) is 0.0131. The number of nitro benzene ring substituents is 1. The molecule has 0 saturated carbocycles. The lowest BCUT2D eigenvalue weighted by molar-refractivity contribution is -0.384. The van der Waals surface area contributed by atoms with Gasteiger partial charge in [-0.25, -0.2) is 0 Å². The van der Waals surface area contributed by atoms with Crippen LogP contribution in [0.3, 0.4) is 0 Å². The second kappa shape index (κ2) is 8.20. The summed E-state index contributed by atoms with van der Waals surface area (Å²) in [7, 11) is 0. The van der Waals surface area contributed by atoms with Crippen LogP contribution < -0.4 is 10.5 Å². The molecule has 0 atom stereocenters. The first-order valence-corrected chi connectivity index (χ1v) is 6.28. The number of rotatable bonds is 8. The molecule has 19 heavy (non-hydrogen) atoms. The van der Waals surface area contributed by atoms with Crippen LogP contribution in [-0.4, -0.2) is 17.4 Å². The summed E-state index contributed by atoms with van der Waals surface area (Å²) >= 11 is 0. The number of nitrogens with two attached hydrogens (primary N) is 1. The van der Waals surface area contributed by atoms with Crippen LogP contribution in [0.25, 0.3) is 0 Å². The Morgan fingerprint density at radius 3 is 2.37 bits per heavy atom. The molecule has 0 radical (unpaired) electrons. The third kappa shape index (κ3) is 5.96. The van der Waals surface area contributed by atoms with Gasteiger partial charge in [-0.3, -0.25) is 14.9 Å². The number of carbonyl (C=O) groups excluding carboxylic acids is 1. The van der Waals surface area contributed by atoms with E-state index in [0.717, 1.165) is 25.7 Å². The molecule has 0 saturated heterocycles. The van der Waals surface area contributed by atoms with Gasteiger partial charge in [0.2, 0.25) is 0 Å². The average molecular weight is 266 g/mol. The Balaban J connectivity index is 2.30. The van der Waals surface area contributed by atoms with E-state index in [1.54, 1.807) is 0 Å². The average Bonchev–Trinajstić information content (AvgIpc) is 2.39. The van der Waals surface area contributed by atoms with Crippen molar-refractivity contribution in [3.8, 4) is 5.75 Å². The van der Waals surface area contributed by atoms with Crippen molar-refractivity contribution >= 4 is 11.7 Å². The van der Waals surface area contributed by atoms with Gasteiger partial charge in [-0.05, 0) is 31.5 Å². The van der Waals surface area contributed by atoms with E-state index in [4.69, 9.17) is 10.5 Å². The molecular formula is C13H18N2O4. The molecule has 0 amide bonds. The minimum absolute atomic E-state index is 0.0263. The molecule has 0 unspecified atom stereocenters. The zero-order chi connectivity index (χ0) is 14.1. The van der Waals surface area contributed by atoms with Crippen LogP contribution in [0.15, 0.2) is 24.3 Å². The highest BCUT2D eigenvalue weighted by molar-refractivity contribution is 5.72. The number of nitrogens with zero attached hydrogens (tertiary/aromatic N) is 1. The van der Waals surface area contributed by atoms with Gasteiger partial charge in [-0.2, -0.15) is 0 Å². The van der Waals surface area contributed by atoms with Crippen LogP contribution in [0.2, 0.25) is 0 Å². The summed E-state index contributed by atoms with van der Waals surface area (Å²) in [6.45, 7) is 0.674. The van der Waals surface area contributed by atoms with Gasteiger partial charge in [-0.1, -0.05) is 12.8 Å². The third-order valence-electron chi connectivity index (χ3n) is 2.61. The van der Waals surface area contributed by atoms with Crippen molar-refractivity contribution < 1.29 is 14.5 Å². The Morgan fingerprint density at radius 1 is 1.16 bits per heavy atom. The molecule has 0 spiro atoms. The second-order valence-electron chi connectivity index (χ2n) is 4.18. The van der Waals surface area contributed by atoms with E-state index >= 15 is 0 Å². The summed E-state index contributed by atoms with van der Waals surface area (Å²) in [6, 6.07) is 5.46. The van der Waals surface area contributed by atoms with Crippen LogP contribution >= 0.6 is 0 Å². The van der Waals surface area contributed by atoms with E-state index < -0.39 is 4.92 Å². The molecule has 0 aliphatic carbocycles. The zero-order valence-electron chi connectivity index (χ0n) is 10.7. The Labute approximate surface area is 111 Å². The van der Waals surface area contributed by atoms with Crippen molar-refractivity contribution in [3.63, 3.8) is 0 Å². The maximum Gasteiger partial charge on any atom is 0.311 e. The first-order valence-electron chi connectivity index (χ1n) is 6.28. The molecule has 0 fully saturated rings. The maximum atomic E-state index is 11.5. The largest absolute Gasteiger partial charge is 0.427 e. The Hall–Kier alpha value is -1.95. The molecule has 0 aromatic heterocycles. The second-order valence-corrected chi connectivity index (χ2v) is 4.18. The van der Waals surface area contributed by atoms with Crippen LogP contribution in [0, 0.1) is 10.1 Å². The van der Waals surface area contributed by atoms with Crippen LogP contribution in [0.1, 0.15) is 32.1 Å². The normalized spacial score (nSPS) is 10.2. The summed E-state index contributed by atoms with van der Waals surface area (Å²) in [5, 5.41) is 10.5. The van der Waals surface area contributed by atoms with Crippen LogP contribution in [0.4, 0.5) is 5.69 Å².